The van der Waals surface area contributed by atoms with Gasteiger partial charge in [0, 0.05) is 37.8 Å². The molecule has 1 fully saturated rings. The van der Waals surface area contributed by atoms with Crippen molar-refractivity contribution < 1.29 is 62.3 Å². The smallest absolute Gasteiger partial charge is 0.333 e. The number of hydrogen-bond acceptors (Lipinski definition) is 12. The number of esters is 5. The van der Waals surface area contributed by atoms with Crippen molar-refractivity contribution in [3.63, 3.8) is 0 Å². The van der Waals surface area contributed by atoms with Crippen molar-refractivity contribution in [3.05, 3.63) is 12.2 Å². The number of carbonyl (C=O) groups excluding carboxylic acids is 5. The van der Waals surface area contributed by atoms with Gasteiger partial charge in [0.15, 0.2) is 12.2 Å². The van der Waals surface area contributed by atoms with Gasteiger partial charge in [-0.05, 0) is 25.7 Å². The molecule has 13 heteroatoms. The van der Waals surface area contributed by atoms with Crippen molar-refractivity contribution in [2.45, 2.75) is 110 Å². The molecule has 1 aliphatic rings. The second-order valence-electron chi connectivity index (χ2n) is 8.70. The minimum atomic E-state index is -1.73. The number of hydrogen-bond donors (Lipinski definition) is 1. The molecule has 5 atom stereocenters. The normalized spacial score (nSPS) is 22.5. The summed E-state index contributed by atoms with van der Waals surface area (Å²) in [6.45, 7) is 6.50. The van der Waals surface area contributed by atoms with E-state index in [-0.39, 0.29) is 25.7 Å². The Bertz CT molecular complexity index is 881. The van der Waals surface area contributed by atoms with Crippen molar-refractivity contribution >= 4 is 35.8 Å². The zero-order valence-corrected chi connectivity index (χ0v) is 22.8. The summed E-state index contributed by atoms with van der Waals surface area (Å²) in [5, 5.41) is 8.81. The molecule has 0 amide bonds. The minimum Gasteiger partial charge on any atom is -0.478 e. The predicted octanol–water partition coefficient (Wildman–Crippen LogP) is 2.37. The maximum atomic E-state index is 12.6. The Morgan fingerprint density at radius 1 is 0.641 bits per heavy atom. The van der Waals surface area contributed by atoms with Crippen LogP contribution in [0.2, 0.25) is 0 Å². The number of ether oxygens (including phenoxy) is 6. The van der Waals surface area contributed by atoms with Crippen LogP contribution in [0, 0.1) is 0 Å². The van der Waals surface area contributed by atoms with Crippen LogP contribution in [0.15, 0.2) is 12.2 Å². The first-order valence-electron chi connectivity index (χ1n) is 13.1. The fourth-order valence-electron chi connectivity index (χ4n) is 3.50. The molecule has 0 aromatic heterocycles. The summed E-state index contributed by atoms with van der Waals surface area (Å²) < 4.78 is 32.9. The Balaban J connectivity index is 3.51. The van der Waals surface area contributed by atoms with Crippen LogP contribution in [0.3, 0.4) is 0 Å². The number of carbonyl (C=O) groups is 6. The summed E-state index contributed by atoms with van der Waals surface area (Å²) >= 11 is 0. The average Bonchev–Trinajstić information content (AvgIpc) is 2.85. The molecule has 1 rings (SSSR count). The van der Waals surface area contributed by atoms with E-state index in [4.69, 9.17) is 33.5 Å². The second kappa shape index (κ2) is 17.9. The fourth-order valence-corrected chi connectivity index (χ4v) is 3.50. The van der Waals surface area contributed by atoms with Gasteiger partial charge in [-0.2, -0.15) is 0 Å². The van der Waals surface area contributed by atoms with Crippen LogP contribution in [0.4, 0.5) is 0 Å². The van der Waals surface area contributed by atoms with Gasteiger partial charge < -0.3 is 33.5 Å². The molecule has 0 aromatic rings. The van der Waals surface area contributed by atoms with Crippen LogP contribution < -0.4 is 0 Å². The van der Waals surface area contributed by atoms with Gasteiger partial charge in [-0.3, -0.25) is 19.2 Å². The average molecular weight is 559 g/mol. The fraction of sp³-hybridized carbons (Fsp3) is 0.692. The standard InChI is InChI=1S/C26H38O13/c1-5-9-18(29)34-15-16-23(36-19(30)10-6-2)24(37-20(31)11-7-3)25(38-21(32)12-8-4)26(35-16)39-22(33)14-13-17(27)28/h13-14,16,23-26H,5-12,15H2,1-4H3,(H,27,28)/b14-13+/t16-,23+,24+,25-,26+/m1/s1. The van der Waals surface area contributed by atoms with E-state index in [1.54, 1.807) is 27.7 Å². The summed E-state index contributed by atoms with van der Waals surface area (Å²) in [6.07, 6.45) is -4.58. The summed E-state index contributed by atoms with van der Waals surface area (Å²) in [7, 11) is 0. The molecule has 0 aromatic carbocycles. The van der Waals surface area contributed by atoms with Gasteiger partial charge in [0.2, 0.25) is 12.4 Å². The molecule has 1 saturated heterocycles. The Morgan fingerprint density at radius 2 is 1.10 bits per heavy atom. The third-order valence-electron chi connectivity index (χ3n) is 5.21. The molecule has 0 spiro atoms. The quantitative estimate of drug-likeness (QED) is 0.166. The van der Waals surface area contributed by atoms with Crippen molar-refractivity contribution in [1.29, 1.82) is 0 Å². The minimum absolute atomic E-state index is 0.00710. The Kier molecular flexibility index (Phi) is 15.4. The van der Waals surface area contributed by atoms with Crippen LogP contribution in [0.5, 0.6) is 0 Å². The van der Waals surface area contributed by atoms with Crippen molar-refractivity contribution in [1.82, 2.24) is 0 Å². The summed E-state index contributed by atoms with van der Waals surface area (Å²) in [5.74, 6) is -5.29. The summed E-state index contributed by atoms with van der Waals surface area (Å²) in [4.78, 5) is 72.8. The number of carboxylic acids is 1. The first-order valence-corrected chi connectivity index (χ1v) is 13.1. The molecule has 0 radical (unpaired) electrons. The van der Waals surface area contributed by atoms with E-state index < -0.39 is 73.1 Å². The van der Waals surface area contributed by atoms with E-state index in [1.807, 2.05) is 0 Å². The second-order valence-corrected chi connectivity index (χ2v) is 8.70. The lowest BCUT2D eigenvalue weighted by Gasteiger charge is -2.43. The Labute approximate surface area is 227 Å². The molecule has 1 N–H and O–H groups in total. The Morgan fingerprint density at radius 3 is 1.59 bits per heavy atom. The van der Waals surface area contributed by atoms with Gasteiger partial charge in [-0.1, -0.05) is 27.7 Å². The topological polar surface area (TPSA) is 178 Å². The largest absolute Gasteiger partial charge is 0.478 e. The zero-order chi connectivity index (χ0) is 29.4. The van der Waals surface area contributed by atoms with Crippen molar-refractivity contribution in [3.8, 4) is 0 Å². The monoisotopic (exact) mass is 558 g/mol. The van der Waals surface area contributed by atoms with E-state index >= 15 is 0 Å². The first-order chi connectivity index (χ1) is 18.6. The van der Waals surface area contributed by atoms with E-state index in [2.05, 4.69) is 0 Å². The highest BCUT2D eigenvalue weighted by atomic mass is 16.7. The van der Waals surface area contributed by atoms with Gasteiger partial charge >= 0.3 is 35.8 Å². The lowest BCUT2D eigenvalue weighted by atomic mass is 9.97. The zero-order valence-electron chi connectivity index (χ0n) is 22.8. The van der Waals surface area contributed by atoms with Gasteiger partial charge in [0.05, 0.1) is 0 Å². The third kappa shape index (κ3) is 12.3. The highest BCUT2D eigenvalue weighted by Crippen LogP contribution is 2.31. The molecule has 0 bridgehead atoms. The first kappa shape index (κ1) is 33.5. The molecule has 0 saturated carbocycles. The van der Waals surface area contributed by atoms with E-state index in [1.165, 1.54) is 0 Å². The molecular weight excluding hydrogens is 520 g/mol. The van der Waals surface area contributed by atoms with Crippen LogP contribution in [0.1, 0.15) is 79.1 Å². The van der Waals surface area contributed by atoms with Crippen LogP contribution in [-0.4, -0.2) is 78.2 Å². The molecule has 0 unspecified atom stereocenters. The van der Waals surface area contributed by atoms with E-state index in [0.29, 0.717) is 37.8 Å². The van der Waals surface area contributed by atoms with Crippen LogP contribution in [0.25, 0.3) is 0 Å². The summed E-state index contributed by atoms with van der Waals surface area (Å²) in [6, 6.07) is 0. The SMILES string of the molecule is CCCC(=O)OC[C@H]1O[C@@H](OC(=O)/C=C/C(=O)O)[C@H](OC(=O)CCC)[C@@H](OC(=O)CCC)[C@H]1OC(=O)CCC. The molecule has 220 valence electrons. The van der Waals surface area contributed by atoms with E-state index in [9.17, 15) is 28.8 Å². The molecule has 39 heavy (non-hydrogen) atoms. The van der Waals surface area contributed by atoms with Crippen molar-refractivity contribution in [2.24, 2.45) is 0 Å². The number of carboxylic acid groups (broad SMARTS) is 1. The molecular formula is C26H38O13. The van der Waals surface area contributed by atoms with Gasteiger partial charge in [0.25, 0.3) is 0 Å². The molecule has 13 nitrogen and oxygen atoms in total. The van der Waals surface area contributed by atoms with Gasteiger partial charge in [-0.25, -0.2) is 9.59 Å². The molecule has 0 aliphatic carbocycles. The summed E-state index contributed by atoms with van der Waals surface area (Å²) in [5.41, 5.74) is 0. The predicted molar refractivity (Wildman–Crippen MR) is 132 cm³/mol. The number of rotatable bonds is 16. The third-order valence-corrected chi connectivity index (χ3v) is 5.21. The van der Waals surface area contributed by atoms with Gasteiger partial charge in [-0.15, -0.1) is 0 Å². The highest BCUT2D eigenvalue weighted by molar-refractivity contribution is 5.90. The number of aliphatic carboxylic acids is 1. The lowest BCUT2D eigenvalue weighted by molar-refractivity contribution is -0.300. The van der Waals surface area contributed by atoms with E-state index in [0.717, 1.165) is 0 Å². The molecule has 1 aliphatic heterocycles. The highest BCUT2D eigenvalue weighted by Gasteiger charge is 2.54. The maximum Gasteiger partial charge on any atom is 0.333 e. The maximum absolute atomic E-state index is 12.6. The van der Waals surface area contributed by atoms with Crippen molar-refractivity contribution in [2.75, 3.05) is 6.61 Å². The van der Waals surface area contributed by atoms with Gasteiger partial charge in [0.1, 0.15) is 12.7 Å². The Hall–Kier alpha value is -3.48. The lowest BCUT2D eigenvalue weighted by Crippen LogP contribution is -2.63. The van der Waals surface area contributed by atoms with Crippen LogP contribution >= 0.6 is 0 Å². The van der Waals surface area contributed by atoms with Crippen LogP contribution in [-0.2, 0) is 57.2 Å². The molecule has 1 heterocycles.